The van der Waals surface area contributed by atoms with Gasteiger partial charge in [0.2, 0.25) is 0 Å². The van der Waals surface area contributed by atoms with Gasteiger partial charge in [0.25, 0.3) is 0 Å². The van der Waals surface area contributed by atoms with E-state index in [0.717, 1.165) is 12.1 Å². The Labute approximate surface area is 220 Å². The molecule has 1 fully saturated rings. The summed E-state index contributed by atoms with van der Waals surface area (Å²) in [7, 11) is 0. The molecule has 0 radical (unpaired) electrons. The Morgan fingerprint density at radius 1 is 0.949 bits per heavy atom. The lowest BCUT2D eigenvalue weighted by Crippen LogP contribution is -2.41. The molecule has 1 aliphatic carbocycles. The van der Waals surface area contributed by atoms with Crippen molar-refractivity contribution in [2.45, 2.75) is 57.7 Å². The Bertz CT molecular complexity index is 1320. The smallest absolute Gasteiger partial charge is 0.490 e. The van der Waals surface area contributed by atoms with Crippen molar-refractivity contribution in [1.82, 2.24) is 5.32 Å². The third-order valence-electron chi connectivity index (χ3n) is 5.92. The van der Waals surface area contributed by atoms with Gasteiger partial charge in [-0.2, -0.15) is 0 Å². The van der Waals surface area contributed by atoms with Crippen molar-refractivity contribution in [2.24, 2.45) is 0 Å². The first-order valence-electron chi connectivity index (χ1n) is 12.0. The van der Waals surface area contributed by atoms with Crippen LogP contribution in [-0.2, 0) is 11.3 Å². The first-order valence-corrected chi connectivity index (χ1v) is 12.0. The van der Waals surface area contributed by atoms with Crippen molar-refractivity contribution >= 4 is 17.7 Å². The van der Waals surface area contributed by atoms with Crippen molar-refractivity contribution < 1.29 is 45.8 Å². The molecule has 1 aliphatic rings. The zero-order valence-corrected chi connectivity index (χ0v) is 20.7. The SMILES string of the molecule is Cc1oc(=O)oc1COC(=O)c1ccc(OC2CCC(NC(=O)Nc3ccc(OC(F)(F)F)cc3)CC2)cc1. The molecule has 2 amide bonds. The summed E-state index contributed by atoms with van der Waals surface area (Å²) >= 11 is 0. The molecule has 2 N–H and O–H groups in total. The van der Waals surface area contributed by atoms with E-state index in [1.807, 2.05) is 0 Å². The molecule has 0 aliphatic heterocycles. The molecule has 1 aromatic heterocycles. The Hall–Kier alpha value is -4.42. The lowest BCUT2D eigenvalue weighted by Gasteiger charge is -2.29. The van der Waals surface area contributed by atoms with Crippen LogP contribution in [0.5, 0.6) is 11.5 Å². The van der Waals surface area contributed by atoms with E-state index in [4.69, 9.17) is 18.3 Å². The molecule has 3 aromatic rings. The molecule has 4 rings (SSSR count). The van der Waals surface area contributed by atoms with Crippen LogP contribution in [0.4, 0.5) is 23.7 Å². The van der Waals surface area contributed by atoms with E-state index >= 15 is 0 Å². The van der Waals surface area contributed by atoms with Gasteiger partial charge in [0.15, 0.2) is 18.1 Å². The number of aryl methyl sites for hydroxylation is 1. The number of rotatable bonds is 8. The van der Waals surface area contributed by atoms with Crippen LogP contribution in [0.1, 0.15) is 47.6 Å². The van der Waals surface area contributed by atoms with Crippen LogP contribution in [-0.4, -0.2) is 30.5 Å². The van der Waals surface area contributed by atoms with E-state index in [-0.39, 0.29) is 36.0 Å². The van der Waals surface area contributed by atoms with Crippen molar-refractivity contribution in [3.05, 3.63) is 76.2 Å². The van der Waals surface area contributed by atoms with Gasteiger partial charge in [0.1, 0.15) is 11.5 Å². The summed E-state index contributed by atoms with van der Waals surface area (Å²) in [5, 5.41) is 5.44. The average Bonchev–Trinajstić information content (AvgIpc) is 3.21. The predicted octanol–water partition coefficient (Wildman–Crippen LogP) is 5.31. The summed E-state index contributed by atoms with van der Waals surface area (Å²) in [5.74, 6) is -0.867. The van der Waals surface area contributed by atoms with Crippen molar-refractivity contribution in [1.29, 1.82) is 0 Å². The van der Waals surface area contributed by atoms with E-state index in [2.05, 4.69) is 15.4 Å². The van der Waals surface area contributed by atoms with Gasteiger partial charge in [-0.3, -0.25) is 0 Å². The fourth-order valence-corrected chi connectivity index (χ4v) is 4.00. The van der Waals surface area contributed by atoms with E-state index in [0.29, 0.717) is 42.7 Å². The minimum absolute atomic E-state index is 0.0722. The van der Waals surface area contributed by atoms with Crippen LogP contribution in [0, 0.1) is 6.92 Å². The normalized spacial score (nSPS) is 17.2. The summed E-state index contributed by atoms with van der Waals surface area (Å²) in [4.78, 5) is 35.6. The molecule has 0 atom stereocenters. The summed E-state index contributed by atoms with van der Waals surface area (Å²) < 4.78 is 61.2. The van der Waals surface area contributed by atoms with Gasteiger partial charge < -0.3 is 33.7 Å². The Kier molecular flexibility index (Phi) is 8.47. The van der Waals surface area contributed by atoms with E-state index < -0.39 is 24.2 Å². The van der Waals surface area contributed by atoms with Gasteiger partial charge in [0, 0.05) is 11.7 Å². The number of carbonyl (C=O) groups is 2. The van der Waals surface area contributed by atoms with Crippen molar-refractivity contribution in [3.63, 3.8) is 0 Å². The number of alkyl halides is 3. The number of urea groups is 1. The summed E-state index contributed by atoms with van der Waals surface area (Å²) in [5.41, 5.74) is 0.627. The first kappa shape index (κ1) is 27.6. The molecule has 10 nitrogen and oxygen atoms in total. The van der Waals surface area contributed by atoms with Crippen LogP contribution in [0.2, 0.25) is 0 Å². The van der Waals surface area contributed by atoms with Gasteiger partial charge in [-0.15, -0.1) is 13.2 Å². The highest BCUT2D eigenvalue weighted by atomic mass is 19.4. The molecule has 0 unspecified atom stereocenters. The maximum atomic E-state index is 12.3. The second kappa shape index (κ2) is 12.0. The minimum Gasteiger partial charge on any atom is -0.490 e. The largest absolute Gasteiger partial charge is 0.573 e. The predicted molar refractivity (Wildman–Crippen MR) is 129 cm³/mol. The van der Waals surface area contributed by atoms with Crippen molar-refractivity contribution in [2.75, 3.05) is 5.32 Å². The molecule has 208 valence electrons. The highest BCUT2D eigenvalue weighted by molar-refractivity contribution is 5.90. The number of anilines is 1. The van der Waals surface area contributed by atoms with Crippen molar-refractivity contribution in [3.8, 4) is 11.5 Å². The minimum atomic E-state index is -4.78. The molecule has 0 saturated heterocycles. The van der Waals surface area contributed by atoms with Crippen LogP contribution in [0.15, 0.2) is 62.2 Å². The zero-order valence-electron chi connectivity index (χ0n) is 20.7. The zero-order chi connectivity index (χ0) is 28.0. The van der Waals surface area contributed by atoms with Crippen LogP contribution in [0.3, 0.4) is 0 Å². The first-order chi connectivity index (χ1) is 18.5. The second-order valence-corrected chi connectivity index (χ2v) is 8.80. The van der Waals surface area contributed by atoms with Crippen LogP contribution >= 0.6 is 0 Å². The molecule has 13 heteroatoms. The van der Waals surface area contributed by atoms with Gasteiger partial charge in [-0.1, -0.05) is 0 Å². The van der Waals surface area contributed by atoms with E-state index in [1.165, 1.54) is 19.1 Å². The van der Waals surface area contributed by atoms with Gasteiger partial charge in [0.05, 0.1) is 11.7 Å². The highest BCUT2D eigenvalue weighted by Crippen LogP contribution is 2.26. The number of benzene rings is 2. The maximum Gasteiger partial charge on any atom is 0.573 e. The monoisotopic (exact) mass is 550 g/mol. The molecule has 39 heavy (non-hydrogen) atoms. The van der Waals surface area contributed by atoms with Gasteiger partial charge >= 0.3 is 24.2 Å². The molecule has 1 heterocycles. The fourth-order valence-electron chi connectivity index (χ4n) is 4.00. The Morgan fingerprint density at radius 2 is 1.59 bits per heavy atom. The molecular formula is C26H25F3N2O8. The number of amides is 2. The molecule has 0 bridgehead atoms. The Balaban J connectivity index is 1.17. The number of hydrogen-bond acceptors (Lipinski definition) is 8. The molecule has 2 aromatic carbocycles. The summed E-state index contributed by atoms with van der Waals surface area (Å²) in [6.45, 7) is 1.30. The average molecular weight is 550 g/mol. The number of halogens is 3. The fraction of sp³-hybridized carbons (Fsp3) is 0.346. The van der Waals surface area contributed by atoms with E-state index in [9.17, 15) is 27.6 Å². The number of nitrogens with one attached hydrogen (secondary N) is 2. The number of carbonyl (C=O) groups excluding carboxylic acids is 2. The topological polar surface area (TPSA) is 129 Å². The Morgan fingerprint density at radius 3 is 2.18 bits per heavy atom. The second-order valence-electron chi connectivity index (χ2n) is 8.80. The summed E-state index contributed by atoms with van der Waals surface area (Å²) in [6, 6.07) is 10.8. The quantitative estimate of drug-likeness (QED) is 0.361. The van der Waals surface area contributed by atoms with Gasteiger partial charge in [-0.25, -0.2) is 14.4 Å². The molecule has 0 spiro atoms. The van der Waals surface area contributed by atoms with E-state index in [1.54, 1.807) is 24.3 Å². The van der Waals surface area contributed by atoms with Crippen LogP contribution < -0.4 is 25.9 Å². The standard InChI is InChI=1S/C26H25F3N2O8/c1-15-22(38-25(34)36-15)14-35-23(32)16-2-8-19(9-3-16)37-20-10-4-17(5-11-20)30-24(33)31-18-6-12-21(13-7-18)39-26(27,28)29/h2-3,6-9,12-13,17,20H,4-5,10-11,14H2,1H3,(H2,30,31,33). The van der Waals surface area contributed by atoms with Crippen LogP contribution in [0.25, 0.3) is 0 Å². The number of hydrogen-bond donors (Lipinski definition) is 2. The highest BCUT2D eigenvalue weighted by Gasteiger charge is 2.31. The maximum absolute atomic E-state index is 12.3. The molecule has 1 saturated carbocycles. The number of ether oxygens (including phenoxy) is 3. The lowest BCUT2D eigenvalue weighted by atomic mass is 9.93. The third-order valence-corrected chi connectivity index (χ3v) is 5.92. The third kappa shape index (κ3) is 8.28. The van der Waals surface area contributed by atoms with Gasteiger partial charge in [-0.05, 0) is 81.1 Å². The lowest BCUT2D eigenvalue weighted by molar-refractivity contribution is -0.274. The summed E-state index contributed by atoms with van der Waals surface area (Å²) in [6.07, 6.45) is -2.14. The number of esters is 1. The molecular weight excluding hydrogens is 525 g/mol.